The Morgan fingerprint density at radius 1 is 1.07 bits per heavy atom. The van der Waals surface area contributed by atoms with Gasteiger partial charge in [0.2, 0.25) is 0 Å². The van der Waals surface area contributed by atoms with Crippen molar-refractivity contribution in [2.75, 3.05) is 30.5 Å². The number of hydrogen-bond donors (Lipinski definition) is 1. The zero-order valence-corrected chi connectivity index (χ0v) is 21.2. The fourth-order valence-corrected chi connectivity index (χ4v) is 4.90. The molecule has 0 bridgehead atoms. The summed E-state index contributed by atoms with van der Waals surface area (Å²) in [5.74, 6) is -3.47. The van der Waals surface area contributed by atoms with Gasteiger partial charge in [0.25, 0.3) is 5.69 Å². The number of nitrogens with one attached hydrogen (secondary N) is 1. The van der Waals surface area contributed by atoms with E-state index in [4.69, 9.17) is 9.47 Å². The Balaban J connectivity index is 1.52. The quantitative estimate of drug-likeness (QED) is 0.169. The molecule has 0 unspecified atom stereocenters. The zero-order chi connectivity index (χ0) is 29.5. The third-order valence-electron chi connectivity index (χ3n) is 6.78. The maximum Gasteiger partial charge on any atom is 0.471 e. The van der Waals surface area contributed by atoms with E-state index in [-0.39, 0.29) is 59.7 Å². The Morgan fingerprint density at radius 3 is 2.56 bits per heavy atom. The maximum atomic E-state index is 13.9. The lowest BCUT2D eigenvalue weighted by Crippen LogP contribution is -2.44. The summed E-state index contributed by atoms with van der Waals surface area (Å²) in [6.07, 6.45) is -5.23. The average Bonchev–Trinajstić information content (AvgIpc) is 3.53. The van der Waals surface area contributed by atoms with Gasteiger partial charge in [0.05, 0.1) is 36.8 Å². The molecule has 0 saturated carbocycles. The molecule has 0 spiro atoms. The second-order valence-electron chi connectivity index (χ2n) is 9.28. The minimum atomic E-state index is -5.24. The number of alkyl halides is 3. The molecule has 2 aliphatic heterocycles. The summed E-state index contributed by atoms with van der Waals surface area (Å²) in [4.78, 5) is 35.7. The standard InChI is InChI=1S/C27H21F4N3O7/c1-39-24(35)9-14-12-40-23-11-16(6-7-17(14)23)33(26(36)27(29,30)31)22-13-41-25-18(22)3-2-4-19(25)32-20-10-15(28)5-8-21(20)34(37)38/h2-8,10-11,14,22,32H,9,12-13H2,1H3/t14-,22+/m1/s1. The molecule has 0 fully saturated rings. The van der Waals surface area contributed by atoms with Crippen LogP contribution in [0.2, 0.25) is 0 Å². The Bertz CT molecular complexity index is 1550. The number of benzene rings is 3. The molecule has 3 aromatic carbocycles. The number of anilines is 3. The second-order valence-corrected chi connectivity index (χ2v) is 9.28. The van der Waals surface area contributed by atoms with Crippen LogP contribution in [-0.2, 0) is 14.3 Å². The van der Waals surface area contributed by atoms with Crippen LogP contribution in [0.3, 0.4) is 0 Å². The van der Waals surface area contributed by atoms with E-state index in [2.05, 4.69) is 10.1 Å². The molecule has 10 nitrogen and oxygen atoms in total. The van der Waals surface area contributed by atoms with Gasteiger partial charge in [-0.25, -0.2) is 4.39 Å². The lowest BCUT2D eigenvalue weighted by molar-refractivity contribution is -0.384. The first-order chi connectivity index (χ1) is 19.5. The number of carbonyl (C=O) groups excluding carboxylic acids is 2. The normalized spacial score (nSPS) is 17.1. The highest BCUT2D eigenvalue weighted by molar-refractivity contribution is 5.98. The Morgan fingerprint density at radius 2 is 1.85 bits per heavy atom. The first-order valence-electron chi connectivity index (χ1n) is 12.2. The molecule has 41 heavy (non-hydrogen) atoms. The molecule has 14 heteroatoms. The number of fused-ring (bicyclic) bond motifs is 2. The van der Waals surface area contributed by atoms with Crippen LogP contribution in [0.5, 0.6) is 11.5 Å². The third kappa shape index (κ3) is 5.32. The Kier molecular flexibility index (Phi) is 7.15. The first-order valence-corrected chi connectivity index (χ1v) is 12.2. The van der Waals surface area contributed by atoms with Crippen LogP contribution in [0, 0.1) is 15.9 Å². The molecular weight excluding hydrogens is 554 g/mol. The minimum Gasteiger partial charge on any atom is -0.493 e. The summed E-state index contributed by atoms with van der Waals surface area (Å²) in [5.41, 5.74) is 0.153. The minimum absolute atomic E-state index is 0.0110. The number of esters is 1. The van der Waals surface area contributed by atoms with E-state index in [1.54, 1.807) is 0 Å². The average molecular weight is 575 g/mol. The molecule has 0 aromatic heterocycles. The van der Waals surface area contributed by atoms with Crippen LogP contribution in [0.1, 0.15) is 29.5 Å². The van der Waals surface area contributed by atoms with Crippen LogP contribution < -0.4 is 19.7 Å². The molecule has 1 amide bonds. The molecule has 3 aromatic rings. The highest BCUT2D eigenvalue weighted by Gasteiger charge is 2.48. The van der Waals surface area contributed by atoms with Crippen molar-refractivity contribution in [2.45, 2.75) is 24.6 Å². The topological polar surface area (TPSA) is 120 Å². The van der Waals surface area contributed by atoms with Gasteiger partial charge in [-0.2, -0.15) is 13.2 Å². The molecule has 2 aliphatic rings. The molecule has 5 rings (SSSR count). The fraction of sp³-hybridized carbons (Fsp3) is 0.259. The molecule has 0 saturated heterocycles. The van der Waals surface area contributed by atoms with Crippen LogP contribution >= 0.6 is 0 Å². The van der Waals surface area contributed by atoms with Gasteiger partial charge < -0.3 is 19.5 Å². The third-order valence-corrected chi connectivity index (χ3v) is 6.78. The summed E-state index contributed by atoms with van der Waals surface area (Å²) in [7, 11) is 1.24. The number of nitrogens with zero attached hydrogens (tertiary/aromatic N) is 2. The van der Waals surface area contributed by atoms with Gasteiger partial charge in [-0.3, -0.25) is 24.6 Å². The largest absolute Gasteiger partial charge is 0.493 e. The van der Waals surface area contributed by atoms with Gasteiger partial charge in [-0.15, -0.1) is 0 Å². The van der Waals surface area contributed by atoms with Crippen LogP contribution in [-0.4, -0.2) is 43.3 Å². The van der Waals surface area contributed by atoms with Crippen molar-refractivity contribution in [3.05, 3.63) is 81.7 Å². The zero-order valence-electron chi connectivity index (χ0n) is 21.2. The predicted molar refractivity (Wildman–Crippen MR) is 136 cm³/mol. The van der Waals surface area contributed by atoms with Crippen LogP contribution in [0.25, 0.3) is 0 Å². The maximum absolute atomic E-state index is 13.9. The Hall–Kier alpha value is -4.88. The van der Waals surface area contributed by atoms with E-state index in [1.807, 2.05) is 0 Å². The summed E-state index contributed by atoms with van der Waals surface area (Å²) in [6, 6.07) is 10.1. The van der Waals surface area contributed by atoms with E-state index >= 15 is 0 Å². The number of hydrogen-bond acceptors (Lipinski definition) is 8. The molecule has 2 heterocycles. The van der Waals surface area contributed by atoms with Gasteiger partial charge in [-0.1, -0.05) is 18.2 Å². The summed E-state index contributed by atoms with van der Waals surface area (Å²) < 4.78 is 71.4. The number of methoxy groups -OCH3 is 1. The number of halogens is 4. The van der Waals surface area contributed by atoms with Crippen LogP contribution in [0.4, 0.5) is 40.3 Å². The second kappa shape index (κ2) is 10.6. The molecule has 2 atom stereocenters. The molecular formula is C27H21F4N3O7. The highest BCUT2D eigenvalue weighted by Crippen LogP contribution is 2.47. The molecule has 0 aliphatic carbocycles. The van der Waals surface area contributed by atoms with Gasteiger partial charge >= 0.3 is 18.1 Å². The van der Waals surface area contributed by atoms with E-state index in [0.717, 1.165) is 18.2 Å². The number of nitro groups is 1. The van der Waals surface area contributed by atoms with Gasteiger partial charge in [-0.05, 0) is 18.2 Å². The van der Waals surface area contributed by atoms with Gasteiger partial charge in [0.1, 0.15) is 29.6 Å². The predicted octanol–water partition coefficient (Wildman–Crippen LogP) is 5.55. The van der Waals surface area contributed by atoms with Crippen molar-refractivity contribution in [3.8, 4) is 11.5 Å². The summed E-state index contributed by atoms with van der Waals surface area (Å²) >= 11 is 0. The van der Waals surface area contributed by atoms with E-state index < -0.39 is 40.5 Å². The van der Waals surface area contributed by atoms with Crippen molar-refractivity contribution in [3.63, 3.8) is 0 Å². The first kappa shape index (κ1) is 27.7. The number of ether oxygens (including phenoxy) is 3. The summed E-state index contributed by atoms with van der Waals surface area (Å²) in [6.45, 7) is -0.262. The lowest BCUT2D eigenvalue weighted by Gasteiger charge is -2.29. The van der Waals surface area contributed by atoms with Gasteiger partial charge in [0, 0.05) is 40.9 Å². The Labute approximate surface area is 229 Å². The number of para-hydroxylation sites is 1. The smallest absolute Gasteiger partial charge is 0.471 e. The van der Waals surface area contributed by atoms with Crippen molar-refractivity contribution >= 4 is 34.6 Å². The SMILES string of the molecule is COC(=O)C[C@@H]1COc2cc(N(C(=O)C(F)(F)F)[C@H]3COc4c(Nc5cc(F)ccc5[N+](=O)[O-])cccc43)ccc21. The number of carbonyl (C=O) groups is 2. The van der Waals surface area contributed by atoms with Crippen LogP contribution in [0.15, 0.2) is 54.6 Å². The van der Waals surface area contributed by atoms with Crippen molar-refractivity contribution < 1.29 is 46.3 Å². The van der Waals surface area contributed by atoms with E-state index in [9.17, 15) is 37.3 Å². The van der Waals surface area contributed by atoms with E-state index in [0.29, 0.717) is 10.5 Å². The van der Waals surface area contributed by atoms with Crippen molar-refractivity contribution in [2.24, 2.45) is 0 Å². The molecule has 214 valence electrons. The number of amides is 1. The lowest BCUT2D eigenvalue weighted by atomic mass is 9.97. The van der Waals surface area contributed by atoms with Crippen molar-refractivity contribution in [1.82, 2.24) is 0 Å². The van der Waals surface area contributed by atoms with Crippen molar-refractivity contribution in [1.29, 1.82) is 0 Å². The fourth-order valence-electron chi connectivity index (χ4n) is 4.90. The monoisotopic (exact) mass is 575 g/mol. The molecule has 0 radical (unpaired) electrons. The number of nitro benzene ring substituents is 1. The van der Waals surface area contributed by atoms with Gasteiger partial charge in [0.15, 0.2) is 0 Å². The molecule has 1 N–H and O–H groups in total. The number of rotatable bonds is 7. The highest BCUT2D eigenvalue weighted by atomic mass is 19.4. The van der Waals surface area contributed by atoms with E-state index in [1.165, 1.54) is 43.5 Å². The summed E-state index contributed by atoms with van der Waals surface area (Å²) in [5, 5.41) is 14.1.